The number of benzene rings is 2. The molecule has 35 heavy (non-hydrogen) atoms. The molecule has 1 saturated carbocycles. The number of allylic oxidation sites excluding steroid dienone is 1. The van der Waals surface area contributed by atoms with E-state index in [1.807, 2.05) is 6.08 Å². The molecule has 6 nitrogen and oxygen atoms in total. The van der Waals surface area contributed by atoms with Crippen LogP contribution in [-0.2, 0) is 20.9 Å². The summed E-state index contributed by atoms with van der Waals surface area (Å²) in [4.78, 5) is 24.6. The highest BCUT2D eigenvalue weighted by Gasteiger charge is 2.24. The van der Waals surface area contributed by atoms with Gasteiger partial charge >= 0.3 is 11.9 Å². The quantitative estimate of drug-likeness (QED) is 0.134. The molecule has 0 atom stereocenters. The van der Waals surface area contributed by atoms with Crippen molar-refractivity contribution in [2.75, 3.05) is 11.5 Å². The molecule has 0 saturated heterocycles. The number of ether oxygens (including phenoxy) is 2. The third-order valence-electron chi connectivity index (χ3n) is 6.31. The van der Waals surface area contributed by atoms with Crippen molar-refractivity contribution in [1.29, 1.82) is 0 Å². The first-order valence-electron chi connectivity index (χ1n) is 12.3. The van der Waals surface area contributed by atoms with Crippen LogP contribution in [0.25, 0.3) is 6.08 Å². The number of unbranched alkanes of at least 4 members (excludes halogenated alkanes) is 2. The van der Waals surface area contributed by atoms with Crippen LogP contribution in [0.5, 0.6) is 0 Å². The van der Waals surface area contributed by atoms with Gasteiger partial charge in [-0.1, -0.05) is 31.1 Å². The average molecular weight is 477 g/mol. The Morgan fingerprint density at radius 1 is 0.971 bits per heavy atom. The number of rotatable bonds is 11. The molecule has 1 aliphatic rings. The Bertz CT molecular complexity index is 1000. The van der Waals surface area contributed by atoms with E-state index in [0.717, 1.165) is 49.1 Å². The second-order valence-electron chi connectivity index (χ2n) is 9.19. The first kappa shape index (κ1) is 26.1. The van der Waals surface area contributed by atoms with E-state index in [0.29, 0.717) is 16.9 Å². The van der Waals surface area contributed by atoms with E-state index in [2.05, 4.69) is 6.58 Å². The average Bonchev–Trinajstić information content (AvgIpc) is 2.85. The van der Waals surface area contributed by atoms with Gasteiger partial charge in [-0.2, -0.15) is 0 Å². The Hall–Kier alpha value is -3.54. The maximum absolute atomic E-state index is 12.5. The highest BCUT2D eigenvalue weighted by atomic mass is 16.5. The van der Waals surface area contributed by atoms with Crippen LogP contribution in [0.15, 0.2) is 61.2 Å². The molecule has 0 unspecified atom stereocenters. The molecule has 1 fully saturated rings. The lowest BCUT2D eigenvalue weighted by molar-refractivity contribution is -0.138. The van der Waals surface area contributed by atoms with Crippen LogP contribution >= 0.6 is 0 Å². The van der Waals surface area contributed by atoms with E-state index < -0.39 is 5.97 Å². The maximum atomic E-state index is 12.5. The normalized spacial score (nSPS) is 17.7. The van der Waals surface area contributed by atoms with E-state index in [4.69, 9.17) is 20.9 Å². The predicted octanol–water partition coefficient (Wildman–Crippen LogP) is 6.07. The van der Waals surface area contributed by atoms with Crippen molar-refractivity contribution in [3.05, 3.63) is 77.9 Å². The van der Waals surface area contributed by atoms with Gasteiger partial charge in [0.25, 0.3) is 0 Å². The zero-order valence-electron chi connectivity index (χ0n) is 20.3. The molecule has 0 aromatic heterocycles. The van der Waals surface area contributed by atoms with Crippen LogP contribution in [0.1, 0.15) is 72.9 Å². The topological polar surface area (TPSA) is 105 Å². The van der Waals surface area contributed by atoms with Gasteiger partial charge in [-0.3, -0.25) is 0 Å². The molecule has 186 valence electrons. The van der Waals surface area contributed by atoms with Crippen LogP contribution < -0.4 is 11.5 Å². The number of esters is 2. The second kappa shape index (κ2) is 13.4. The Balaban J connectivity index is 1.40. The lowest BCUT2D eigenvalue weighted by Gasteiger charge is -2.28. The number of hydrogen-bond acceptors (Lipinski definition) is 6. The number of anilines is 2. The summed E-state index contributed by atoms with van der Waals surface area (Å²) in [5, 5.41) is 0. The molecule has 0 heterocycles. The third kappa shape index (κ3) is 8.96. The summed E-state index contributed by atoms with van der Waals surface area (Å²) in [7, 11) is 0. The fraction of sp³-hybridized carbons (Fsp3) is 0.379. The lowest BCUT2D eigenvalue weighted by Crippen LogP contribution is -2.24. The molecule has 3 rings (SSSR count). The molecule has 0 amide bonds. The van der Waals surface area contributed by atoms with Crippen LogP contribution in [0.2, 0.25) is 0 Å². The van der Waals surface area contributed by atoms with Gasteiger partial charge in [-0.05, 0) is 92.0 Å². The summed E-state index contributed by atoms with van der Waals surface area (Å²) in [5.41, 5.74) is 14.6. The number of nitrogens with two attached hydrogens (primary N) is 2. The SMILES string of the molecule is C=CCCCCC1CCC(OC(=O)c2ccc(/C=C/C(=O)OCc3cc(N)cc(N)c3)cc2)CC1. The molecule has 0 radical (unpaired) electrons. The number of hydrogen-bond donors (Lipinski definition) is 2. The highest BCUT2D eigenvalue weighted by Crippen LogP contribution is 2.30. The minimum atomic E-state index is -0.481. The van der Waals surface area contributed by atoms with Gasteiger partial charge in [0.1, 0.15) is 12.7 Å². The fourth-order valence-electron chi connectivity index (χ4n) is 4.41. The van der Waals surface area contributed by atoms with Gasteiger partial charge in [-0.15, -0.1) is 6.58 Å². The molecule has 0 aliphatic heterocycles. The Labute approximate surface area is 208 Å². The lowest BCUT2D eigenvalue weighted by atomic mass is 9.84. The molecule has 0 spiro atoms. The Morgan fingerprint density at radius 2 is 1.66 bits per heavy atom. The first-order valence-corrected chi connectivity index (χ1v) is 12.3. The second-order valence-corrected chi connectivity index (χ2v) is 9.19. The van der Waals surface area contributed by atoms with Gasteiger partial charge in [0.2, 0.25) is 0 Å². The van der Waals surface area contributed by atoms with Gasteiger partial charge in [0, 0.05) is 17.5 Å². The van der Waals surface area contributed by atoms with E-state index >= 15 is 0 Å². The summed E-state index contributed by atoms with van der Waals surface area (Å²) in [5.74, 6) is -0.0296. The van der Waals surface area contributed by atoms with Gasteiger partial charge in [0.05, 0.1) is 5.56 Å². The zero-order valence-corrected chi connectivity index (χ0v) is 20.3. The van der Waals surface area contributed by atoms with E-state index in [9.17, 15) is 9.59 Å². The number of carbonyl (C=O) groups is 2. The molecule has 2 aromatic carbocycles. The van der Waals surface area contributed by atoms with Gasteiger partial charge in [0.15, 0.2) is 0 Å². The maximum Gasteiger partial charge on any atom is 0.338 e. The predicted molar refractivity (Wildman–Crippen MR) is 140 cm³/mol. The third-order valence-corrected chi connectivity index (χ3v) is 6.31. The van der Waals surface area contributed by atoms with E-state index in [1.165, 1.54) is 25.3 Å². The molecular formula is C29H36N2O4. The summed E-state index contributed by atoms with van der Waals surface area (Å²) in [6.45, 7) is 3.86. The molecule has 4 N–H and O–H groups in total. The number of nitrogen functional groups attached to an aromatic ring is 2. The van der Waals surface area contributed by atoms with Crippen molar-refractivity contribution in [3.8, 4) is 0 Å². The van der Waals surface area contributed by atoms with Crippen molar-refractivity contribution in [2.45, 2.75) is 64.1 Å². The first-order chi connectivity index (χ1) is 16.9. The van der Waals surface area contributed by atoms with Crippen molar-refractivity contribution in [1.82, 2.24) is 0 Å². The fourth-order valence-corrected chi connectivity index (χ4v) is 4.41. The molecular weight excluding hydrogens is 440 g/mol. The standard InChI is InChI=1S/C29H36N2O4/c1-2-3-4-5-6-21-9-14-27(15-10-21)35-29(33)24-12-7-22(8-13-24)11-16-28(32)34-20-23-17-25(30)19-26(31)18-23/h2,7-8,11-13,16-19,21,27H,1,3-6,9-10,14-15,20,30-31H2/b16-11+. The summed E-state index contributed by atoms with van der Waals surface area (Å²) in [6.07, 6.45) is 13.9. The largest absolute Gasteiger partial charge is 0.459 e. The van der Waals surface area contributed by atoms with Crippen LogP contribution in [0.4, 0.5) is 11.4 Å². The monoisotopic (exact) mass is 476 g/mol. The summed E-state index contributed by atoms with van der Waals surface area (Å²) in [6, 6.07) is 12.1. The van der Waals surface area contributed by atoms with E-state index in [1.54, 1.807) is 48.5 Å². The van der Waals surface area contributed by atoms with Crippen molar-refractivity contribution >= 4 is 29.4 Å². The van der Waals surface area contributed by atoms with Gasteiger partial charge < -0.3 is 20.9 Å². The molecule has 2 aromatic rings. The van der Waals surface area contributed by atoms with Crippen LogP contribution in [0.3, 0.4) is 0 Å². The molecule has 1 aliphatic carbocycles. The number of carbonyl (C=O) groups excluding carboxylic acids is 2. The molecule has 6 heteroatoms. The summed E-state index contributed by atoms with van der Waals surface area (Å²) >= 11 is 0. The van der Waals surface area contributed by atoms with Crippen molar-refractivity contribution in [2.24, 2.45) is 5.92 Å². The Morgan fingerprint density at radius 3 is 2.31 bits per heavy atom. The zero-order chi connectivity index (χ0) is 25.0. The highest BCUT2D eigenvalue weighted by molar-refractivity contribution is 5.90. The Kier molecular flexibility index (Phi) is 9.96. The smallest absolute Gasteiger partial charge is 0.338 e. The van der Waals surface area contributed by atoms with Crippen LogP contribution in [0, 0.1) is 5.92 Å². The summed E-state index contributed by atoms with van der Waals surface area (Å²) < 4.78 is 11.0. The van der Waals surface area contributed by atoms with Gasteiger partial charge in [-0.25, -0.2) is 9.59 Å². The molecule has 0 bridgehead atoms. The van der Waals surface area contributed by atoms with Crippen molar-refractivity contribution < 1.29 is 19.1 Å². The minimum absolute atomic E-state index is 0.00316. The minimum Gasteiger partial charge on any atom is -0.459 e. The van der Waals surface area contributed by atoms with Crippen molar-refractivity contribution in [3.63, 3.8) is 0 Å². The van der Waals surface area contributed by atoms with Crippen LogP contribution in [-0.4, -0.2) is 18.0 Å². The van der Waals surface area contributed by atoms with E-state index in [-0.39, 0.29) is 18.7 Å².